The molecule has 2 radical (unpaired) electrons. The molecule has 1 nitrogen and oxygen atoms in total. The molecule has 0 aliphatic carbocycles. The predicted molar refractivity (Wildman–Crippen MR) is 42.9 cm³/mol. The molecule has 0 spiro atoms. The van der Waals surface area contributed by atoms with Crippen LogP contribution in [0.25, 0.3) is 0 Å². The van der Waals surface area contributed by atoms with E-state index in [2.05, 4.69) is 12.1 Å². The highest BCUT2D eigenvalue weighted by atomic mass is 28.2. The van der Waals surface area contributed by atoms with Crippen LogP contribution in [0.15, 0.2) is 30.3 Å². The average molecular weight is 150 g/mol. The molecule has 1 rings (SSSR count). The number of aryl methyl sites for hydroxylation is 1. The minimum atomic E-state index is 0.0833. The highest BCUT2D eigenvalue weighted by Crippen LogP contribution is 2.00. The molecule has 1 aromatic rings. The standard InChI is InChI=1S/C8H10OSi/c9-10-7-6-8-4-2-1-3-5-8/h1-5,9H,6-7H2. The summed E-state index contributed by atoms with van der Waals surface area (Å²) in [5, 5.41) is 0. The molecule has 0 saturated heterocycles. The lowest BCUT2D eigenvalue weighted by molar-refractivity contribution is 0.599. The maximum Gasteiger partial charge on any atom is 0.224 e. The number of benzene rings is 1. The van der Waals surface area contributed by atoms with Gasteiger partial charge in [-0.25, -0.2) is 0 Å². The molecular weight excluding hydrogens is 140 g/mol. The van der Waals surface area contributed by atoms with Gasteiger partial charge in [0.25, 0.3) is 0 Å². The van der Waals surface area contributed by atoms with E-state index in [9.17, 15) is 0 Å². The molecule has 1 N–H and O–H groups in total. The lowest BCUT2D eigenvalue weighted by atomic mass is 10.2. The average Bonchev–Trinajstić information content (AvgIpc) is 2.03. The van der Waals surface area contributed by atoms with E-state index in [0.717, 1.165) is 12.5 Å². The van der Waals surface area contributed by atoms with Crippen LogP contribution in [0.2, 0.25) is 6.04 Å². The van der Waals surface area contributed by atoms with Crippen molar-refractivity contribution in [3.05, 3.63) is 35.9 Å². The van der Waals surface area contributed by atoms with E-state index in [1.54, 1.807) is 0 Å². The third-order valence-electron chi connectivity index (χ3n) is 1.37. The van der Waals surface area contributed by atoms with E-state index in [1.807, 2.05) is 18.2 Å². The van der Waals surface area contributed by atoms with Crippen molar-refractivity contribution in [2.45, 2.75) is 12.5 Å². The van der Waals surface area contributed by atoms with Gasteiger partial charge in [0, 0.05) is 0 Å². The van der Waals surface area contributed by atoms with Crippen molar-refractivity contribution in [2.24, 2.45) is 0 Å². The maximum atomic E-state index is 8.56. The first kappa shape index (κ1) is 7.50. The Hall–Kier alpha value is -0.603. The monoisotopic (exact) mass is 150 g/mol. The molecular formula is C8H10OSi. The van der Waals surface area contributed by atoms with Crippen molar-refractivity contribution in [2.75, 3.05) is 0 Å². The van der Waals surface area contributed by atoms with Crippen LogP contribution in [0.1, 0.15) is 5.56 Å². The third-order valence-corrected chi connectivity index (χ3v) is 1.84. The molecule has 0 amide bonds. The largest absolute Gasteiger partial charge is 0.432 e. The summed E-state index contributed by atoms with van der Waals surface area (Å²) in [5.74, 6) is 0. The Bertz CT molecular complexity index is 174. The minimum absolute atomic E-state index is 0.0833. The zero-order chi connectivity index (χ0) is 7.23. The van der Waals surface area contributed by atoms with Gasteiger partial charge in [-0.1, -0.05) is 30.3 Å². The van der Waals surface area contributed by atoms with Crippen molar-refractivity contribution >= 4 is 9.76 Å². The van der Waals surface area contributed by atoms with Gasteiger partial charge in [0.15, 0.2) is 0 Å². The van der Waals surface area contributed by atoms with Crippen LogP contribution in [0.4, 0.5) is 0 Å². The van der Waals surface area contributed by atoms with E-state index in [4.69, 9.17) is 4.80 Å². The fraction of sp³-hybridized carbons (Fsp3) is 0.250. The Labute approximate surface area is 63.7 Å². The summed E-state index contributed by atoms with van der Waals surface area (Å²) in [6.45, 7) is 0. The van der Waals surface area contributed by atoms with Gasteiger partial charge < -0.3 is 4.80 Å². The number of hydrogen-bond acceptors (Lipinski definition) is 1. The van der Waals surface area contributed by atoms with Crippen LogP contribution in [0, 0.1) is 0 Å². The van der Waals surface area contributed by atoms with Crippen LogP contribution in [0.5, 0.6) is 0 Å². The molecule has 1 aromatic carbocycles. The summed E-state index contributed by atoms with van der Waals surface area (Å²) in [6.07, 6.45) is 0.996. The van der Waals surface area contributed by atoms with E-state index in [0.29, 0.717) is 0 Å². The second kappa shape index (κ2) is 4.25. The highest BCUT2D eigenvalue weighted by Gasteiger charge is 1.89. The second-order valence-electron chi connectivity index (χ2n) is 2.14. The van der Waals surface area contributed by atoms with Gasteiger partial charge in [-0.2, -0.15) is 0 Å². The Morgan fingerprint density at radius 3 is 2.50 bits per heavy atom. The molecule has 0 saturated carbocycles. The first-order valence-corrected chi connectivity index (χ1v) is 4.50. The highest BCUT2D eigenvalue weighted by molar-refractivity contribution is 6.25. The summed E-state index contributed by atoms with van der Waals surface area (Å²) in [4.78, 5) is 8.56. The summed E-state index contributed by atoms with van der Waals surface area (Å²) >= 11 is 0. The third kappa shape index (κ3) is 2.33. The lowest BCUT2D eigenvalue weighted by Crippen LogP contribution is -1.90. The molecule has 0 heterocycles. The minimum Gasteiger partial charge on any atom is -0.432 e. The molecule has 0 unspecified atom stereocenters. The maximum absolute atomic E-state index is 8.56. The molecule has 2 heteroatoms. The Morgan fingerprint density at radius 2 is 1.90 bits per heavy atom. The topological polar surface area (TPSA) is 20.2 Å². The molecule has 0 fully saturated rings. The van der Waals surface area contributed by atoms with Crippen LogP contribution in [-0.4, -0.2) is 14.6 Å². The van der Waals surface area contributed by atoms with Crippen molar-refractivity contribution in [1.29, 1.82) is 0 Å². The molecule has 0 atom stereocenters. The van der Waals surface area contributed by atoms with E-state index in [-0.39, 0.29) is 9.76 Å². The van der Waals surface area contributed by atoms with Gasteiger partial charge in [-0.15, -0.1) is 0 Å². The van der Waals surface area contributed by atoms with Crippen LogP contribution in [-0.2, 0) is 6.42 Å². The molecule has 52 valence electrons. The first-order valence-electron chi connectivity index (χ1n) is 3.34. The molecule has 0 bridgehead atoms. The lowest BCUT2D eigenvalue weighted by Gasteiger charge is -1.95. The summed E-state index contributed by atoms with van der Waals surface area (Å²) in [7, 11) is 0.0833. The number of hydrogen-bond donors (Lipinski definition) is 1. The number of rotatable bonds is 3. The van der Waals surface area contributed by atoms with Crippen LogP contribution >= 0.6 is 0 Å². The van der Waals surface area contributed by atoms with E-state index in [1.165, 1.54) is 5.56 Å². The Balaban J connectivity index is 2.43. The van der Waals surface area contributed by atoms with Crippen LogP contribution < -0.4 is 0 Å². The summed E-state index contributed by atoms with van der Waals surface area (Å²) in [5.41, 5.74) is 1.31. The fourth-order valence-electron chi connectivity index (χ4n) is 0.845. The fourth-order valence-corrected chi connectivity index (χ4v) is 1.25. The molecule has 0 aliphatic rings. The second-order valence-corrected chi connectivity index (χ2v) is 2.96. The molecule has 10 heavy (non-hydrogen) atoms. The van der Waals surface area contributed by atoms with Gasteiger partial charge in [0.2, 0.25) is 9.76 Å². The normalized spacial score (nSPS) is 9.70. The zero-order valence-corrected chi connectivity index (χ0v) is 6.75. The summed E-state index contributed by atoms with van der Waals surface area (Å²) < 4.78 is 0. The first-order chi connectivity index (χ1) is 4.93. The summed E-state index contributed by atoms with van der Waals surface area (Å²) in [6, 6.07) is 11.1. The zero-order valence-electron chi connectivity index (χ0n) is 5.75. The van der Waals surface area contributed by atoms with Crippen LogP contribution in [0.3, 0.4) is 0 Å². The van der Waals surface area contributed by atoms with Crippen molar-refractivity contribution in [3.8, 4) is 0 Å². The molecule has 0 aliphatic heterocycles. The van der Waals surface area contributed by atoms with Gasteiger partial charge in [-0.3, -0.25) is 0 Å². The van der Waals surface area contributed by atoms with Crippen molar-refractivity contribution < 1.29 is 4.80 Å². The quantitative estimate of drug-likeness (QED) is 0.643. The Kier molecular flexibility index (Phi) is 3.19. The molecule has 0 aromatic heterocycles. The Morgan fingerprint density at radius 1 is 1.20 bits per heavy atom. The smallest absolute Gasteiger partial charge is 0.224 e. The predicted octanol–water partition coefficient (Wildman–Crippen LogP) is 1.26. The van der Waals surface area contributed by atoms with Gasteiger partial charge >= 0.3 is 0 Å². The van der Waals surface area contributed by atoms with Gasteiger partial charge in [0.05, 0.1) is 0 Å². The van der Waals surface area contributed by atoms with Gasteiger partial charge in [0.1, 0.15) is 0 Å². The van der Waals surface area contributed by atoms with E-state index < -0.39 is 0 Å². The van der Waals surface area contributed by atoms with Gasteiger partial charge in [-0.05, 0) is 18.0 Å². The van der Waals surface area contributed by atoms with Crippen molar-refractivity contribution in [3.63, 3.8) is 0 Å². The SMILES string of the molecule is O[Si]CCc1ccccc1. The van der Waals surface area contributed by atoms with Crippen molar-refractivity contribution in [1.82, 2.24) is 0 Å². The van der Waals surface area contributed by atoms with E-state index >= 15 is 0 Å².